The van der Waals surface area contributed by atoms with Crippen molar-refractivity contribution >= 4 is 11.1 Å². The van der Waals surface area contributed by atoms with E-state index in [2.05, 4.69) is 22.1 Å². The van der Waals surface area contributed by atoms with E-state index in [0.717, 1.165) is 49.7 Å². The van der Waals surface area contributed by atoms with Crippen LogP contribution in [0.4, 0.5) is 0 Å². The van der Waals surface area contributed by atoms with Gasteiger partial charge in [0.15, 0.2) is 5.58 Å². The molecule has 0 bridgehead atoms. The molecule has 1 N–H and O–H groups in total. The molecule has 6 heteroatoms. The van der Waals surface area contributed by atoms with Crippen molar-refractivity contribution in [2.75, 3.05) is 40.0 Å². The molecule has 1 aliphatic heterocycles. The van der Waals surface area contributed by atoms with Crippen molar-refractivity contribution in [3.63, 3.8) is 0 Å². The van der Waals surface area contributed by atoms with Crippen molar-refractivity contribution in [3.8, 4) is 5.75 Å². The number of methoxy groups -OCH3 is 1. The Labute approximate surface area is 130 Å². The molecule has 1 unspecified atom stereocenters. The van der Waals surface area contributed by atoms with Gasteiger partial charge < -0.3 is 19.2 Å². The molecule has 120 valence electrons. The van der Waals surface area contributed by atoms with Gasteiger partial charge in [0.2, 0.25) is 5.89 Å². The number of nitrogens with one attached hydrogen (secondary N) is 1. The Hall–Kier alpha value is -1.63. The minimum atomic E-state index is 0.377. The second-order valence-corrected chi connectivity index (χ2v) is 5.64. The highest BCUT2D eigenvalue weighted by Crippen LogP contribution is 2.21. The van der Waals surface area contributed by atoms with E-state index in [-0.39, 0.29) is 0 Å². The Morgan fingerprint density at radius 2 is 2.18 bits per heavy atom. The van der Waals surface area contributed by atoms with Gasteiger partial charge in [-0.2, -0.15) is 0 Å². The predicted octanol–water partition coefficient (Wildman–Crippen LogP) is 1.65. The number of oxazole rings is 1. The monoisotopic (exact) mass is 305 g/mol. The molecule has 1 atom stereocenters. The normalized spacial score (nSPS) is 17.7. The first-order valence-electron chi connectivity index (χ1n) is 7.71. The second-order valence-electron chi connectivity index (χ2n) is 5.64. The maximum atomic E-state index is 5.75. The highest BCUT2D eigenvalue weighted by Gasteiger charge is 2.14. The summed E-state index contributed by atoms with van der Waals surface area (Å²) in [5.41, 5.74) is 1.62. The molecule has 0 spiro atoms. The van der Waals surface area contributed by atoms with Crippen molar-refractivity contribution < 1.29 is 13.9 Å². The topological polar surface area (TPSA) is 59.8 Å². The Bertz CT molecular complexity index is 608. The molecule has 3 rings (SSSR count). The van der Waals surface area contributed by atoms with Crippen molar-refractivity contribution in [2.24, 2.45) is 0 Å². The number of hydrogen-bond acceptors (Lipinski definition) is 6. The van der Waals surface area contributed by atoms with Crippen LogP contribution in [0.25, 0.3) is 11.1 Å². The molecule has 1 aliphatic rings. The predicted molar refractivity (Wildman–Crippen MR) is 84.1 cm³/mol. The van der Waals surface area contributed by atoms with Gasteiger partial charge in [0.1, 0.15) is 11.3 Å². The fourth-order valence-corrected chi connectivity index (χ4v) is 2.65. The summed E-state index contributed by atoms with van der Waals surface area (Å²) in [6, 6.07) is 6.04. The van der Waals surface area contributed by atoms with Crippen molar-refractivity contribution in [2.45, 2.75) is 19.5 Å². The largest absolute Gasteiger partial charge is 0.497 e. The highest BCUT2D eigenvalue weighted by molar-refractivity contribution is 5.74. The third kappa shape index (κ3) is 3.76. The molecule has 0 saturated carbocycles. The van der Waals surface area contributed by atoms with E-state index in [4.69, 9.17) is 13.9 Å². The lowest BCUT2D eigenvalue weighted by atomic mass is 10.3. The van der Waals surface area contributed by atoms with Crippen LogP contribution >= 0.6 is 0 Å². The van der Waals surface area contributed by atoms with Crippen molar-refractivity contribution in [3.05, 3.63) is 24.1 Å². The van der Waals surface area contributed by atoms with E-state index < -0.39 is 0 Å². The summed E-state index contributed by atoms with van der Waals surface area (Å²) in [5.74, 6) is 1.50. The van der Waals surface area contributed by atoms with Crippen LogP contribution in [-0.2, 0) is 11.3 Å². The minimum absolute atomic E-state index is 0.377. The molecule has 2 aromatic rings. The van der Waals surface area contributed by atoms with Crippen LogP contribution in [-0.4, -0.2) is 55.9 Å². The molecule has 1 aromatic carbocycles. The van der Waals surface area contributed by atoms with Gasteiger partial charge in [-0.3, -0.25) is 4.90 Å². The summed E-state index contributed by atoms with van der Waals surface area (Å²) >= 11 is 0. The summed E-state index contributed by atoms with van der Waals surface area (Å²) in [6.07, 6.45) is 0. The lowest BCUT2D eigenvalue weighted by Crippen LogP contribution is -2.44. The van der Waals surface area contributed by atoms with Crippen molar-refractivity contribution in [1.29, 1.82) is 0 Å². The number of aromatic nitrogens is 1. The average Bonchev–Trinajstić information content (AvgIpc) is 2.95. The Morgan fingerprint density at radius 1 is 1.36 bits per heavy atom. The molecule has 0 aliphatic carbocycles. The summed E-state index contributed by atoms with van der Waals surface area (Å²) in [6.45, 7) is 7.50. The smallest absolute Gasteiger partial charge is 0.209 e. The summed E-state index contributed by atoms with van der Waals surface area (Å²) in [4.78, 5) is 6.91. The lowest BCUT2D eigenvalue weighted by molar-refractivity contribution is 0.0342. The number of fused-ring (bicyclic) bond motifs is 1. The van der Waals surface area contributed by atoms with Gasteiger partial charge in [0.25, 0.3) is 0 Å². The van der Waals surface area contributed by atoms with Crippen LogP contribution in [0.3, 0.4) is 0 Å². The SMILES string of the molecule is COc1ccc2oc(CNC(C)CN3CCOCC3)nc2c1. The molecule has 22 heavy (non-hydrogen) atoms. The highest BCUT2D eigenvalue weighted by atomic mass is 16.5. The van der Waals surface area contributed by atoms with Gasteiger partial charge in [0, 0.05) is 31.7 Å². The number of hydrogen-bond donors (Lipinski definition) is 1. The molecular weight excluding hydrogens is 282 g/mol. The zero-order valence-electron chi connectivity index (χ0n) is 13.2. The van der Waals surface area contributed by atoms with Gasteiger partial charge in [0.05, 0.1) is 26.9 Å². The Kier molecular flexibility index (Phi) is 4.92. The quantitative estimate of drug-likeness (QED) is 0.875. The third-order valence-corrected chi connectivity index (χ3v) is 3.88. The molecule has 0 radical (unpaired) electrons. The van der Waals surface area contributed by atoms with E-state index in [1.807, 2.05) is 18.2 Å². The maximum Gasteiger partial charge on any atom is 0.209 e. The molecule has 6 nitrogen and oxygen atoms in total. The number of ether oxygens (including phenoxy) is 2. The lowest BCUT2D eigenvalue weighted by Gasteiger charge is -2.29. The Balaban J connectivity index is 1.54. The van der Waals surface area contributed by atoms with E-state index in [0.29, 0.717) is 18.5 Å². The van der Waals surface area contributed by atoms with Crippen LogP contribution in [0.15, 0.2) is 22.6 Å². The number of rotatable bonds is 6. The van der Waals surface area contributed by atoms with Gasteiger partial charge in [-0.15, -0.1) is 0 Å². The number of nitrogens with zero attached hydrogens (tertiary/aromatic N) is 2. The van der Waals surface area contributed by atoms with Gasteiger partial charge in [-0.25, -0.2) is 4.98 Å². The van der Waals surface area contributed by atoms with Gasteiger partial charge >= 0.3 is 0 Å². The van der Waals surface area contributed by atoms with Gasteiger partial charge in [-0.05, 0) is 19.1 Å². The fraction of sp³-hybridized carbons (Fsp3) is 0.562. The number of morpholine rings is 1. The second kappa shape index (κ2) is 7.09. The van der Waals surface area contributed by atoms with E-state index >= 15 is 0 Å². The molecule has 1 saturated heterocycles. The molecular formula is C16H23N3O3. The summed E-state index contributed by atoms with van der Waals surface area (Å²) in [5, 5.41) is 3.47. The van der Waals surface area contributed by atoms with Crippen LogP contribution in [0, 0.1) is 0 Å². The third-order valence-electron chi connectivity index (χ3n) is 3.88. The van der Waals surface area contributed by atoms with Crippen LogP contribution in [0.1, 0.15) is 12.8 Å². The van der Waals surface area contributed by atoms with Crippen LogP contribution < -0.4 is 10.1 Å². The van der Waals surface area contributed by atoms with E-state index in [9.17, 15) is 0 Å². The van der Waals surface area contributed by atoms with E-state index in [1.54, 1.807) is 7.11 Å². The van der Waals surface area contributed by atoms with Crippen LogP contribution in [0.5, 0.6) is 5.75 Å². The van der Waals surface area contributed by atoms with E-state index in [1.165, 1.54) is 0 Å². The average molecular weight is 305 g/mol. The molecule has 1 fully saturated rings. The zero-order chi connectivity index (χ0) is 15.4. The van der Waals surface area contributed by atoms with Gasteiger partial charge in [-0.1, -0.05) is 0 Å². The first-order valence-corrected chi connectivity index (χ1v) is 7.71. The molecule has 1 aromatic heterocycles. The molecule has 2 heterocycles. The Morgan fingerprint density at radius 3 is 2.95 bits per heavy atom. The van der Waals surface area contributed by atoms with Crippen LogP contribution in [0.2, 0.25) is 0 Å². The first kappa shape index (κ1) is 15.3. The first-order chi connectivity index (χ1) is 10.7. The molecule has 0 amide bonds. The summed E-state index contributed by atoms with van der Waals surface area (Å²) < 4.78 is 16.3. The number of benzene rings is 1. The fourth-order valence-electron chi connectivity index (χ4n) is 2.65. The standard InChI is InChI=1S/C16H23N3O3/c1-12(11-19-5-7-21-8-6-19)17-10-16-18-14-9-13(20-2)3-4-15(14)22-16/h3-4,9,12,17H,5-8,10-11H2,1-2H3. The zero-order valence-corrected chi connectivity index (χ0v) is 13.2. The van der Waals surface area contributed by atoms with Crippen molar-refractivity contribution in [1.82, 2.24) is 15.2 Å². The summed E-state index contributed by atoms with van der Waals surface area (Å²) in [7, 11) is 1.65. The minimum Gasteiger partial charge on any atom is -0.497 e. The maximum absolute atomic E-state index is 5.75.